The van der Waals surface area contributed by atoms with Gasteiger partial charge in [-0.15, -0.1) is 0 Å². The summed E-state index contributed by atoms with van der Waals surface area (Å²) < 4.78 is 16.8. The summed E-state index contributed by atoms with van der Waals surface area (Å²) in [4.78, 5) is 25.2. The van der Waals surface area contributed by atoms with Crippen molar-refractivity contribution in [3.63, 3.8) is 0 Å². The van der Waals surface area contributed by atoms with Crippen LogP contribution in [-0.2, 0) is 16.1 Å². The smallest absolute Gasteiger partial charge is 0.338 e. The Bertz CT molecular complexity index is 1040. The summed E-state index contributed by atoms with van der Waals surface area (Å²) in [7, 11) is 1.54. The van der Waals surface area contributed by atoms with E-state index in [1.807, 2.05) is 24.3 Å². The zero-order valence-corrected chi connectivity index (χ0v) is 19.8. The third-order valence-electron chi connectivity index (χ3n) is 5.23. The van der Waals surface area contributed by atoms with Crippen LogP contribution < -0.4 is 20.1 Å². The fourth-order valence-electron chi connectivity index (χ4n) is 3.64. The minimum Gasteiger partial charge on any atom is -0.493 e. The van der Waals surface area contributed by atoms with Gasteiger partial charge in [0.15, 0.2) is 11.5 Å². The number of urea groups is 1. The Morgan fingerprint density at radius 1 is 1.12 bits per heavy atom. The van der Waals surface area contributed by atoms with E-state index in [0.29, 0.717) is 46.4 Å². The quantitative estimate of drug-likeness (QED) is 0.459. The van der Waals surface area contributed by atoms with E-state index < -0.39 is 12.0 Å². The number of methoxy groups -OCH3 is 1. The van der Waals surface area contributed by atoms with Crippen molar-refractivity contribution < 1.29 is 23.8 Å². The van der Waals surface area contributed by atoms with Crippen LogP contribution in [0.4, 0.5) is 4.79 Å². The third kappa shape index (κ3) is 6.20. The van der Waals surface area contributed by atoms with Crippen LogP contribution in [0.15, 0.2) is 53.7 Å². The molecule has 0 saturated carbocycles. The first-order chi connectivity index (χ1) is 16.0. The van der Waals surface area contributed by atoms with Gasteiger partial charge >= 0.3 is 12.0 Å². The van der Waals surface area contributed by atoms with Crippen LogP contribution in [0.2, 0.25) is 5.02 Å². The minimum atomic E-state index is -0.666. The summed E-state index contributed by atoms with van der Waals surface area (Å²) in [6, 6.07) is 11.7. The number of unbranched alkanes of at least 4 members (excludes halogenated alkanes) is 1. The summed E-state index contributed by atoms with van der Waals surface area (Å²) in [5.74, 6) is 0.566. The average molecular weight is 473 g/mol. The average Bonchev–Trinajstić information content (AvgIpc) is 2.81. The number of carbonyl (C=O) groups excluding carboxylic acids is 2. The van der Waals surface area contributed by atoms with Crippen LogP contribution >= 0.6 is 11.6 Å². The van der Waals surface area contributed by atoms with Crippen molar-refractivity contribution in [2.24, 2.45) is 0 Å². The molecule has 1 heterocycles. The van der Waals surface area contributed by atoms with E-state index in [1.54, 1.807) is 32.2 Å². The normalized spacial score (nSPS) is 15.5. The van der Waals surface area contributed by atoms with Gasteiger partial charge in [-0.05, 0) is 55.2 Å². The number of hydrogen-bond acceptors (Lipinski definition) is 5. The summed E-state index contributed by atoms with van der Waals surface area (Å²) in [6.07, 6.45) is 2.34. The Kier molecular flexibility index (Phi) is 8.60. The number of nitrogens with one attached hydrogen (secondary N) is 2. The van der Waals surface area contributed by atoms with E-state index in [-0.39, 0.29) is 12.6 Å². The molecule has 2 aromatic carbocycles. The predicted molar refractivity (Wildman–Crippen MR) is 126 cm³/mol. The minimum absolute atomic E-state index is 0.240. The van der Waals surface area contributed by atoms with Gasteiger partial charge in [0.25, 0.3) is 0 Å². The Morgan fingerprint density at radius 3 is 2.64 bits per heavy atom. The van der Waals surface area contributed by atoms with Gasteiger partial charge in [-0.2, -0.15) is 0 Å². The first kappa shape index (κ1) is 24.5. The number of rotatable bonds is 10. The molecule has 2 amide bonds. The van der Waals surface area contributed by atoms with E-state index >= 15 is 0 Å². The molecule has 8 heteroatoms. The Balaban J connectivity index is 1.91. The topological polar surface area (TPSA) is 85.9 Å². The lowest BCUT2D eigenvalue weighted by molar-refractivity contribution is -0.139. The Labute approximate surface area is 199 Å². The van der Waals surface area contributed by atoms with E-state index in [2.05, 4.69) is 17.6 Å². The van der Waals surface area contributed by atoms with Gasteiger partial charge in [-0.1, -0.05) is 43.1 Å². The van der Waals surface area contributed by atoms with E-state index in [9.17, 15) is 9.59 Å². The first-order valence-electron chi connectivity index (χ1n) is 11.0. The molecule has 1 unspecified atom stereocenters. The number of benzene rings is 2. The van der Waals surface area contributed by atoms with Crippen molar-refractivity contribution in [1.29, 1.82) is 0 Å². The highest BCUT2D eigenvalue weighted by Crippen LogP contribution is 2.35. The van der Waals surface area contributed by atoms with Crippen molar-refractivity contribution in [3.05, 3.63) is 69.9 Å². The SMILES string of the molecule is CCCCC1=C(C(=O)OCC)C(c2ccc(OCc3cccc(Cl)c3)c(OC)c2)NC(=O)N1. The maximum Gasteiger partial charge on any atom is 0.338 e. The molecule has 0 spiro atoms. The molecular formula is C25H29ClN2O5. The lowest BCUT2D eigenvalue weighted by atomic mass is 9.93. The molecule has 3 rings (SSSR count). The molecule has 0 aliphatic carbocycles. The highest BCUT2D eigenvalue weighted by molar-refractivity contribution is 6.30. The number of ether oxygens (including phenoxy) is 3. The molecule has 0 fully saturated rings. The van der Waals surface area contributed by atoms with Crippen molar-refractivity contribution in [2.75, 3.05) is 13.7 Å². The third-order valence-corrected chi connectivity index (χ3v) is 5.47. The van der Waals surface area contributed by atoms with Crippen molar-refractivity contribution >= 4 is 23.6 Å². The van der Waals surface area contributed by atoms with Crippen LogP contribution in [0.3, 0.4) is 0 Å². The van der Waals surface area contributed by atoms with Crippen LogP contribution in [0.5, 0.6) is 11.5 Å². The summed E-state index contributed by atoms with van der Waals surface area (Å²) in [6.45, 7) is 4.36. The van der Waals surface area contributed by atoms with Crippen LogP contribution in [0.1, 0.15) is 50.3 Å². The maximum atomic E-state index is 12.8. The molecule has 1 aliphatic rings. The van der Waals surface area contributed by atoms with Gasteiger partial charge in [-0.25, -0.2) is 9.59 Å². The molecule has 7 nitrogen and oxygen atoms in total. The van der Waals surface area contributed by atoms with Gasteiger partial charge in [0.05, 0.1) is 25.3 Å². The molecule has 176 valence electrons. The molecule has 0 aromatic heterocycles. The molecule has 0 radical (unpaired) electrons. The lowest BCUT2D eigenvalue weighted by Gasteiger charge is -2.29. The second kappa shape index (κ2) is 11.6. The summed E-state index contributed by atoms with van der Waals surface area (Å²) >= 11 is 6.05. The number of halogens is 1. The molecule has 2 aromatic rings. The number of carbonyl (C=O) groups is 2. The number of hydrogen-bond donors (Lipinski definition) is 2. The number of esters is 1. The summed E-state index contributed by atoms with van der Waals surface area (Å²) in [5.41, 5.74) is 2.60. The van der Waals surface area contributed by atoms with Crippen molar-refractivity contribution in [1.82, 2.24) is 10.6 Å². The van der Waals surface area contributed by atoms with Gasteiger partial charge < -0.3 is 24.8 Å². The van der Waals surface area contributed by atoms with Gasteiger partial charge in [0.2, 0.25) is 0 Å². The van der Waals surface area contributed by atoms with Gasteiger partial charge in [-0.3, -0.25) is 0 Å². The second-order valence-corrected chi connectivity index (χ2v) is 8.01. The molecule has 0 bridgehead atoms. The van der Waals surface area contributed by atoms with Crippen molar-refractivity contribution in [2.45, 2.75) is 45.8 Å². The standard InChI is InChI=1S/C25H29ClN2O5/c1-4-6-10-19-22(24(29)32-5-2)23(28-25(30)27-19)17-11-12-20(21(14-17)31-3)33-15-16-8-7-9-18(26)13-16/h7-9,11-14,23H,4-6,10,15H2,1-3H3,(H2,27,28,30). The van der Waals surface area contributed by atoms with Crippen LogP contribution in [0, 0.1) is 0 Å². The lowest BCUT2D eigenvalue weighted by Crippen LogP contribution is -2.46. The number of amides is 2. The molecule has 33 heavy (non-hydrogen) atoms. The number of allylic oxidation sites excluding steroid dienone is 1. The van der Waals surface area contributed by atoms with Crippen LogP contribution in [-0.4, -0.2) is 25.7 Å². The van der Waals surface area contributed by atoms with Gasteiger partial charge in [0.1, 0.15) is 6.61 Å². The molecular weight excluding hydrogens is 444 g/mol. The van der Waals surface area contributed by atoms with Crippen molar-refractivity contribution in [3.8, 4) is 11.5 Å². The fourth-order valence-corrected chi connectivity index (χ4v) is 3.85. The highest BCUT2D eigenvalue weighted by Gasteiger charge is 2.33. The zero-order valence-electron chi connectivity index (χ0n) is 19.1. The largest absolute Gasteiger partial charge is 0.493 e. The van der Waals surface area contributed by atoms with E-state index in [1.165, 1.54) is 0 Å². The monoisotopic (exact) mass is 472 g/mol. The predicted octanol–water partition coefficient (Wildman–Crippen LogP) is 5.29. The summed E-state index contributed by atoms with van der Waals surface area (Å²) in [5, 5.41) is 6.27. The maximum absolute atomic E-state index is 12.8. The molecule has 1 aliphatic heterocycles. The zero-order chi connectivity index (χ0) is 23.8. The molecule has 1 atom stereocenters. The van der Waals surface area contributed by atoms with E-state index in [4.69, 9.17) is 25.8 Å². The Hall–Kier alpha value is -3.19. The molecule has 2 N–H and O–H groups in total. The fraction of sp³-hybridized carbons (Fsp3) is 0.360. The highest BCUT2D eigenvalue weighted by atomic mass is 35.5. The molecule has 0 saturated heterocycles. The first-order valence-corrected chi connectivity index (χ1v) is 11.4. The second-order valence-electron chi connectivity index (χ2n) is 7.58. The van der Waals surface area contributed by atoms with Gasteiger partial charge in [0, 0.05) is 10.7 Å². The van der Waals surface area contributed by atoms with E-state index in [0.717, 1.165) is 18.4 Å². The van der Waals surface area contributed by atoms with Crippen LogP contribution in [0.25, 0.3) is 0 Å². The Morgan fingerprint density at radius 2 is 1.94 bits per heavy atom.